The first-order valence-corrected chi connectivity index (χ1v) is 7.82. The zero-order valence-electron chi connectivity index (χ0n) is 13.8. The van der Waals surface area contributed by atoms with Gasteiger partial charge in [0.2, 0.25) is 0 Å². The van der Waals surface area contributed by atoms with Crippen molar-refractivity contribution < 1.29 is 9.53 Å². The minimum absolute atomic E-state index is 0.0141. The van der Waals surface area contributed by atoms with Gasteiger partial charge in [0.25, 0.3) is 5.91 Å². The third-order valence-corrected chi connectivity index (χ3v) is 3.04. The van der Waals surface area contributed by atoms with Gasteiger partial charge >= 0.3 is 0 Å². The molecule has 23 heavy (non-hydrogen) atoms. The monoisotopic (exact) mass is 316 g/mol. The highest BCUT2D eigenvalue weighted by atomic mass is 16.5. The van der Waals surface area contributed by atoms with Crippen LogP contribution < -0.4 is 10.6 Å². The Balaban J connectivity index is 2.34. The highest BCUT2D eigenvalue weighted by molar-refractivity contribution is 5.97. The molecule has 6 nitrogen and oxygen atoms in total. The summed E-state index contributed by atoms with van der Waals surface area (Å²) in [4.78, 5) is 16.0. The molecule has 0 radical (unpaired) electrons. The summed E-state index contributed by atoms with van der Waals surface area (Å²) in [6.07, 6.45) is 5.91. The number of hydrogen-bond donors (Lipinski definition) is 2. The molecule has 1 aromatic rings. The molecule has 0 aromatic carbocycles. The van der Waals surface area contributed by atoms with Gasteiger partial charge in [0.15, 0.2) is 0 Å². The van der Waals surface area contributed by atoms with Gasteiger partial charge in [-0.15, -0.1) is 0 Å². The fraction of sp³-hybridized carbons (Fsp3) is 0.471. The van der Waals surface area contributed by atoms with Gasteiger partial charge in [-0.1, -0.05) is 13.3 Å². The number of nitrogens with zero attached hydrogens (tertiary/aromatic N) is 2. The van der Waals surface area contributed by atoms with Gasteiger partial charge in [-0.05, 0) is 37.5 Å². The van der Waals surface area contributed by atoms with E-state index in [1.807, 2.05) is 25.1 Å². The highest BCUT2D eigenvalue weighted by Gasteiger charge is 2.07. The van der Waals surface area contributed by atoms with Gasteiger partial charge in [-0.2, -0.15) is 5.26 Å². The summed E-state index contributed by atoms with van der Waals surface area (Å²) < 4.78 is 5.41. The number of amides is 1. The minimum Gasteiger partial charge on any atom is -0.381 e. The zero-order valence-corrected chi connectivity index (χ0v) is 13.8. The van der Waals surface area contributed by atoms with E-state index in [4.69, 9.17) is 10.00 Å². The van der Waals surface area contributed by atoms with Gasteiger partial charge in [-0.25, -0.2) is 4.98 Å². The Hall–Kier alpha value is -2.39. The lowest BCUT2D eigenvalue weighted by atomic mass is 10.2. The van der Waals surface area contributed by atoms with E-state index < -0.39 is 5.91 Å². The first-order chi connectivity index (χ1) is 11.2. The van der Waals surface area contributed by atoms with Crippen LogP contribution in [0.3, 0.4) is 0 Å². The second-order valence-corrected chi connectivity index (χ2v) is 5.11. The summed E-state index contributed by atoms with van der Waals surface area (Å²) in [6.45, 7) is 5.89. The number of nitriles is 1. The van der Waals surface area contributed by atoms with E-state index in [9.17, 15) is 4.79 Å². The molecule has 0 bridgehead atoms. The first-order valence-electron chi connectivity index (χ1n) is 7.82. The van der Waals surface area contributed by atoms with Crippen LogP contribution in [0.1, 0.15) is 31.7 Å². The summed E-state index contributed by atoms with van der Waals surface area (Å²) in [5, 5.41) is 14.6. The van der Waals surface area contributed by atoms with Crippen LogP contribution in [-0.4, -0.2) is 30.6 Å². The number of nitrogens with one attached hydrogen (secondary N) is 2. The van der Waals surface area contributed by atoms with E-state index in [1.54, 1.807) is 6.20 Å². The van der Waals surface area contributed by atoms with Crippen molar-refractivity contribution in [1.82, 2.24) is 10.3 Å². The molecule has 0 saturated carbocycles. The molecule has 1 aromatic heterocycles. The maximum atomic E-state index is 11.9. The smallest absolute Gasteiger partial charge is 0.263 e. The number of carbonyl (C=O) groups excluding carboxylic acids is 1. The summed E-state index contributed by atoms with van der Waals surface area (Å²) in [6, 6.07) is 5.58. The Morgan fingerprint density at radius 3 is 2.91 bits per heavy atom. The predicted octanol–water partition coefficient (Wildman–Crippen LogP) is 2.53. The molecule has 0 aliphatic heterocycles. The van der Waals surface area contributed by atoms with Gasteiger partial charge in [0, 0.05) is 32.2 Å². The maximum Gasteiger partial charge on any atom is 0.263 e. The number of carbonyl (C=O) groups is 1. The molecule has 1 amide bonds. The Labute approximate surface area is 137 Å². The lowest BCUT2D eigenvalue weighted by Crippen LogP contribution is -2.26. The van der Waals surface area contributed by atoms with Crippen LogP contribution >= 0.6 is 0 Å². The van der Waals surface area contributed by atoms with Crippen molar-refractivity contribution in [2.24, 2.45) is 0 Å². The van der Waals surface area contributed by atoms with Gasteiger partial charge in [-0.3, -0.25) is 4.79 Å². The molecule has 0 aliphatic rings. The molecule has 0 aliphatic carbocycles. The zero-order chi connectivity index (χ0) is 16.9. The predicted molar refractivity (Wildman–Crippen MR) is 89.6 cm³/mol. The fourth-order valence-corrected chi connectivity index (χ4v) is 1.73. The largest absolute Gasteiger partial charge is 0.381 e. The molecule has 0 fully saturated rings. The van der Waals surface area contributed by atoms with Gasteiger partial charge < -0.3 is 15.4 Å². The number of rotatable bonds is 10. The van der Waals surface area contributed by atoms with Crippen LogP contribution in [0.4, 0.5) is 5.82 Å². The highest BCUT2D eigenvalue weighted by Crippen LogP contribution is 2.06. The number of aromatic nitrogens is 1. The molecule has 1 heterocycles. The van der Waals surface area contributed by atoms with E-state index >= 15 is 0 Å². The first kappa shape index (κ1) is 18.7. The molecule has 0 spiro atoms. The van der Waals surface area contributed by atoms with Crippen LogP contribution in [0.15, 0.2) is 30.1 Å². The quantitative estimate of drug-likeness (QED) is 0.393. The van der Waals surface area contributed by atoms with Crippen LogP contribution in [0.2, 0.25) is 0 Å². The van der Waals surface area contributed by atoms with Crippen molar-refractivity contribution in [2.75, 3.05) is 25.1 Å². The molecule has 124 valence electrons. The molecule has 0 atom stereocenters. The third-order valence-electron chi connectivity index (χ3n) is 3.04. The summed E-state index contributed by atoms with van der Waals surface area (Å²) >= 11 is 0. The standard InChI is InChI=1S/C17H24N4O2/c1-3-4-9-23-10-5-7-20-17(22)15(12-18)13-21-16-11-14(2)6-8-19-16/h6,8,11,13H,3-5,7,9-10H2,1-2H3,(H,19,21)(H,20,22)/b15-13-. The van der Waals surface area contributed by atoms with E-state index in [-0.39, 0.29) is 5.57 Å². The van der Waals surface area contributed by atoms with Crippen LogP contribution in [0.5, 0.6) is 0 Å². The number of hydrogen-bond acceptors (Lipinski definition) is 5. The molecule has 2 N–H and O–H groups in total. The van der Waals surface area contributed by atoms with Crippen molar-refractivity contribution in [3.05, 3.63) is 35.7 Å². The van der Waals surface area contributed by atoms with Crippen molar-refractivity contribution in [1.29, 1.82) is 5.26 Å². The average molecular weight is 316 g/mol. The number of anilines is 1. The number of ether oxygens (including phenoxy) is 1. The third kappa shape index (κ3) is 7.98. The Kier molecular flexibility index (Phi) is 9.10. The molecule has 6 heteroatoms. The maximum absolute atomic E-state index is 11.9. The van der Waals surface area contributed by atoms with Crippen LogP contribution in [0.25, 0.3) is 0 Å². The van der Waals surface area contributed by atoms with Crippen molar-refractivity contribution in [3.63, 3.8) is 0 Å². The van der Waals surface area contributed by atoms with Crippen molar-refractivity contribution in [2.45, 2.75) is 33.1 Å². The van der Waals surface area contributed by atoms with Crippen molar-refractivity contribution >= 4 is 11.7 Å². The van der Waals surface area contributed by atoms with E-state index in [0.29, 0.717) is 19.0 Å². The number of unbranched alkanes of at least 4 members (excludes halogenated alkanes) is 1. The lowest BCUT2D eigenvalue weighted by Gasteiger charge is -2.06. The normalized spacial score (nSPS) is 10.9. The molecule has 1 rings (SSSR count). The summed E-state index contributed by atoms with van der Waals surface area (Å²) in [5.41, 5.74) is 1.06. The Morgan fingerprint density at radius 2 is 2.22 bits per heavy atom. The molecular weight excluding hydrogens is 292 g/mol. The second kappa shape index (κ2) is 11.2. The van der Waals surface area contributed by atoms with E-state index in [2.05, 4.69) is 22.5 Å². The minimum atomic E-state index is -0.402. The van der Waals surface area contributed by atoms with Gasteiger partial charge in [0.05, 0.1) is 0 Å². The Morgan fingerprint density at radius 1 is 1.43 bits per heavy atom. The SMILES string of the molecule is CCCCOCCCNC(=O)/C(C#N)=C\Nc1cc(C)ccn1. The average Bonchev–Trinajstić information content (AvgIpc) is 2.54. The van der Waals surface area contributed by atoms with Crippen molar-refractivity contribution in [3.8, 4) is 6.07 Å². The number of pyridine rings is 1. The Bertz CT molecular complexity index is 564. The topological polar surface area (TPSA) is 87.0 Å². The van der Waals surface area contributed by atoms with E-state index in [0.717, 1.165) is 31.4 Å². The lowest BCUT2D eigenvalue weighted by molar-refractivity contribution is -0.117. The van der Waals surface area contributed by atoms with Gasteiger partial charge in [0.1, 0.15) is 17.5 Å². The summed E-state index contributed by atoms with van der Waals surface area (Å²) in [7, 11) is 0. The number of aryl methyl sites for hydroxylation is 1. The van der Waals surface area contributed by atoms with E-state index in [1.165, 1.54) is 6.20 Å². The van der Waals surface area contributed by atoms with Crippen LogP contribution in [-0.2, 0) is 9.53 Å². The van der Waals surface area contributed by atoms with Crippen LogP contribution in [0, 0.1) is 18.3 Å². The molecule has 0 saturated heterocycles. The molecule has 0 unspecified atom stereocenters. The summed E-state index contributed by atoms with van der Waals surface area (Å²) in [5.74, 6) is 0.191. The molecular formula is C17H24N4O2. The second-order valence-electron chi connectivity index (χ2n) is 5.11. The fourth-order valence-electron chi connectivity index (χ4n) is 1.73.